The Morgan fingerprint density at radius 2 is 1.89 bits per heavy atom. The third kappa shape index (κ3) is 3.24. The first-order valence-electron chi connectivity index (χ1n) is 5.92. The Hall–Kier alpha value is -1.61. The van der Waals surface area contributed by atoms with Gasteiger partial charge >= 0.3 is 0 Å². The lowest BCUT2D eigenvalue weighted by Crippen LogP contribution is -2.48. The second kappa shape index (κ2) is 5.17. The molecule has 1 aromatic rings. The average Bonchev–Trinajstić information content (AvgIpc) is 2.37. The molecule has 0 aliphatic carbocycles. The van der Waals surface area contributed by atoms with E-state index in [2.05, 4.69) is 15.3 Å². The van der Waals surface area contributed by atoms with Gasteiger partial charge in [0.05, 0.1) is 6.26 Å². The van der Waals surface area contributed by atoms with Gasteiger partial charge in [0, 0.05) is 39.3 Å². The molecule has 0 spiro atoms. The topological polar surface area (TPSA) is 104 Å². The summed E-state index contributed by atoms with van der Waals surface area (Å²) in [5.74, 6) is 1.56. The molecular formula is C10H18N6O2S. The average molecular weight is 286 g/mol. The fourth-order valence-corrected chi connectivity index (χ4v) is 2.82. The van der Waals surface area contributed by atoms with E-state index in [4.69, 9.17) is 5.73 Å². The largest absolute Gasteiger partial charge is 0.373 e. The van der Waals surface area contributed by atoms with Crippen LogP contribution in [0.25, 0.3) is 0 Å². The van der Waals surface area contributed by atoms with Crippen LogP contribution in [0, 0.1) is 0 Å². The molecule has 0 saturated carbocycles. The van der Waals surface area contributed by atoms with E-state index < -0.39 is 10.0 Å². The third-order valence-corrected chi connectivity index (χ3v) is 4.32. The van der Waals surface area contributed by atoms with Crippen LogP contribution in [0.5, 0.6) is 0 Å². The van der Waals surface area contributed by atoms with Crippen molar-refractivity contribution in [3.05, 3.63) is 6.07 Å². The van der Waals surface area contributed by atoms with Gasteiger partial charge in [-0.25, -0.2) is 8.42 Å². The smallest absolute Gasteiger partial charge is 0.223 e. The summed E-state index contributed by atoms with van der Waals surface area (Å²) in [4.78, 5) is 10.2. The van der Waals surface area contributed by atoms with Gasteiger partial charge in [-0.2, -0.15) is 14.3 Å². The first-order valence-corrected chi connectivity index (χ1v) is 7.77. The SMILES string of the molecule is CNc1cc(N2CCN(S(C)(=O)=O)CC2)nc(N)n1. The van der Waals surface area contributed by atoms with Crippen molar-refractivity contribution in [1.82, 2.24) is 14.3 Å². The summed E-state index contributed by atoms with van der Waals surface area (Å²) in [7, 11) is -1.36. The molecule has 1 aliphatic heterocycles. The number of sulfonamides is 1. The number of piperazine rings is 1. The Balaban J connectivity index is 2.11. The minimum atomic E-state index is -3.12. The Labute approximate surface area is 112 Å². The molecule has 106 valence electrons. The Kier molecular flexibility index (Phi) is 3.76. The van der Waals surface area contributed by atoms with Gasteiger partial charge in [0.25, 0.3) is 0 Å². The van der Waals surface area contributed by atoms with Gasteiger partial charge < -0.3 is 16.0 Å². The van der Waals surface area contributed by atoms with Crippen LogP contribution >= 0.6 is 0 Å². The van der Waals surface area contributed by atoms with Crippen LogP contribution in [0.1, 0.15) is 0 Å². The first-order chi connectivity index (χ1) is 8.90. The van der Waals surface area contributed by atoms with Gasteiger partial charge in [-0.05, 0) is 0 Å². The van der Waals surface area contributed by atoms with Crippen LogP contribution in [0.3, 0.4) is 0 Å². The summed E-state index contributed by atoms with van der Waals surface area (Å²) in [6.07, 6.45) is 1.23. The number of rotatable bonds is 3. The lowest BCUT2D eigenvalue weighted by atomic mass is 10.3. The molecule has 1 aliphatic rings. The van der Waals surface area contributed by atoms with Crippen molar-refractivity contribution >= 4 is 27.6 Å². The van der Waals surface area contributed by atoms with Gasteiger partial charge in [-0.1, -0.05) is 0 Å². The van der Waals surface area contributed by atoms with Crippen molar-refractivity contribution in [2.24, 2.45) is 0 Å². The summed E-state index contributed by atoms with van der Waals surface area (Å²) < 4.78 is 24.3. The number of aromatic nitrogens is 2. The predicted octanol–water partition coefficient (Wildman–Crippen LogP) is -0.818. The molecule has 2 heterocycles. The first kappa shape index (κ1) is 13.8. The molecule has 1 fully saturated rings. The molecule has 0 bridgehead atoms. The highest BCUT2D eigenvalue weighted by molar-refractivity contribution is 7.88. The molecule has 19 heavy (non-hydrogen) atoms. The third-order valence-electron chi connectivity index (χ3n) is 3.02. The van der Waals surface area contributed by atoms with Crippen LogP contribution in [0.4, 0.5) is 17.6 Å². The second-order valence-corrected chi connectivity index (χ2v) is 6.35. The summed E-state index contributed by atoms with van der Waals surface area (Å²) in [5.41, 5.74) is 5.64. The quantitative estimate of drug-likeness (QED) is 0.748. The summed E-state index contributed by atoms with van der Waals surface area (Å²) >= 11 is 0. The molecule has 0 atom stereocenters. The molecule has 0 amide bonds. The van der Waals surface area contributed by atoms with Gasteiger partial charge in [-0.3, -0.25) is 0 Å². The van der Waals surface area contributed by atoms with Crippen LogP contribution in [-0.4, -0.2) is 62.2 Å². The standard InChI is InChI=1S/C10H18N6O2S/c1-12-8-7-9(14-10(11)13-8)15-3-5-16(6-4-15)19(2,17)18/h7H,3-6H2,1-2H3,(H3,11,12,13,14). The number of nitrogens with one attached hydrogen (secondary N) is 1. The normalized spacial score (nSPS) is 17.5. The highest BCUT2D eigenvalue weighted by Crippen LogP contribution is 2.18. The number of hydrogen-bond donors (Lipinski definition) is 2. The predicted molar refractivity (Wildman–Crippen MR) is 74.6 cm³/mol. The van der Waals surface area contributed by atoms with Gasteiger partial charge in [0.15, 0.2) is 0 Å². The molecule has 0 radical (unpaired) electrons. The van der Waals surface area contributed by atoms with Gasteiger partial charge in [-0.15, -0.1) is 0 Å². The van der Waals surface area contributed by atoms with Crippen molar-refractivity contribution in [3.8, 4) is 0 Å². The van der Waals surface area contributed by atoms with Crippen molar-refractivity contribution in [3.63, 3.8) is 0 Å². The fourth-order valence-electron chi connectivity index (χ4n) is 1.99. The minimum absolute atomic E-state index is 0.201. The number of nitrogens with zero attached hydrogens (tertiary/aromatic N) is 4. The lowest BCUT2D eigenvalue weighted by molar-refractivity contribution is 0.387. The Morgan fingerprint density at radius 3 is 2.42 bits per heavy atom. The second-order valence-electron chi connectivity index (χ2n) is 4.37. The number of anilines is 3. The van der Waals surface area contributed by atoms with E-state index >= 15 is 0 Å². The zero-order valence-corrected chi connectivity index (χ0v) is 11.8. The van der Waals surface area contributed by atoms with Crippen molar-refractivity contribution in [1.29, 1.82) is 0 Å². The van der Waals surface area contributed by atoms with Gasteiger partial charge in [0.2, 0.25) is 16.0 Å². The van der Waals surface area contributed by atoms with Crippen LogP contribution in [-0.2, 0) is 10.0 Å². The molecule has 3 N–H and O–H groups in total. The molecule has 0 aromatic carbocycles. The van der Waals surface area contributed by atoms with E-state index in [1.165, 1.54) is 10.6 Å². The minimum Gasteiger partial charge on any atom is -0.373 e. The summed E-state index contributed by atoms with van der Waals surface area (Å²) in [6, 6.07) is 1.80. The molecule has 1 aromatic heterocycles. The van der Waals surface area contributed by atoms with E-state index in [1.807, 2.05) is 4.90 Å². The monoisotopic (exact) mass is 286 g/mol. The van der Waals surface area contributed by atoms with Crippen LogP contribution < -0.4 is 16.0 Å². The zero-order valence-electron chi connectivity index (χ0n) is 11.0. The number of nitrogens with two attached hydrogens (primary N) is 1. The van der Waals surface area contributed by atoms with Crippen molar-refractivity contribution in [2.45, 2.75) is 0 Å². The highest BCUT2D eigenvalue weighted by Gasteiger charge is 2.24. The molecular weight excluding hydrogens is 268 g/mol. The highest BCUT2D eigenvalue weighted by atomic mass is 32.2. The van der Waals surface area contributed by atoms with E-state index in [0.29, 0.717) is 37.8 Å². The van der Waals surface area contributed by atoms with Gasteiger partial charge in [0.1, 0.15) is 11.6 Å². The van der Waals surface area contributed by atoms with Crippen LogP contribution in [0.2, 0.25) is 0 Å². The number of hydrogen-bond acceptors (Lipinski definition) is 7. The summed E-state index contributed by atoms with van der Waals surface area (Å²) in [6.45, 7) is 2.09. The lowest BCUT2D eigenvalue weighted by Gasteiger charge is -2.34. The maximum Gasteiger partial charge on any atom is 0.223 e. The van der Waals surface area contributed by atoms with Crippen molar-refractivity contribution in [2.75, 3.05) is 55.4 Å². The van der Waals surface area contributed by atoms with E-state index in [-0.39, 0.29) is 5.95 Å². The van der Waals surface area contributed by atoms with Crippen LogP contribution in [0.15, 0.2) is 6.07 Å². The Morgan fingerprint density at radius 1 is 1.26 bits per heavy atom. The Bertz CT molecular complexity index is 553. The molecule has 1 saturated heterocycles. The maximum absolute atomic E-state index is 11.4. The van der Waals surface area contributed by atoms with E-state index in [0.717, 1.165) is 0 Å². The van der Waals surface area contributed by atoms with Crippen molar-refractivity contribution < 1.29 is 8.42 Å². The maximum atomic E-state index is 11.4. The number of nitrogen functional groups attached to an aromatic ring is 1. The van der Waals surface area contributed by atoms with E-state index in [9.17, 15) is 8.42 Å². The fraction of sp³-hybridized carbons (Fsp3) is 0.600. The molecule has 2 rings (SSSR count). The zero-order chi connectivity index (χ0) is 14.0. The summed E-state index contributed by atoms with van der Waals surface area (Å²) in [5, 5.41) is 2.92. The van der Waals surface area contributed by atoms with E-state index in [1.54, 1.807) is 13.1 Å². The molecule has 8 nitrogen and oxygen atoms in total. The molecule has 0 unspecified atom stereocenters. The molecule has 9 heteroatoms.